The number of carbonyl (C=O) groups is 1. The molecular formula is C20H32N2O2. The van der Waals surface area contributed by atoms with Gasteiger partial charge in [0.15, 0.2) is 0 Å². The van der Waals surface area contributed by atoms with Crippen molar-refractivity contribution in [3.8, 4) is 0 Å². The molecule has 0 spiro atoms. The summed E-state index contributed by atoms with van der Waals surface area (Å²) in [6, 6.07) is 6.93. The number of amides is 1. The van der Waals surface area contributed by atoms with Crippen molar-refractivity contribution in [2.24, 2.45) is 0 Å². The monoisotopic (exact) mass is 332 g/mol. The number of nitrogens with zero attached hydrogens (tertiary/aromatic N) is 2. The molecule has 1 heterocycles. The van der Waals surface area contributed by atoms with Crippen LogP contribution in [0, 0.1) is 13.8 Å². The fourth-order valence-electron chi connectivity index (χ4n) is 3.16. The van der Waals surface area contributed by atoms with Crippen molar-refractivity contribution in [2.75, 3.05) is 20.1 Å². The number of aryl methyl sites for hydroxylation is 2. The maximum absolute atomic E-state index is 12.2. The second-order valence-corrected chi connectivity index (χ2v) is 8.03. The van der Waals surface area contributed by atoms with Crippen molar-refractivity contribution >= 4 is 6.09 Å². The second kappa shape index (κ2) is 7.56. The lowest BCUT2D eigenvalue weighted by molar-refractivity contribution is 0.0149. The van der Waals surface area contributed by atoms with Crippen molar-refractivity contribution in [3.05, 3.63) is 34.9 Å². The lowest BCUT2D eigenvalue weighted by Crippen LogP contribution is -2.46. The Morgan fingerprint density at radius 3 is 2.46 bits per heavy atom. The summed E-state index contributed by atoms with van der Waals surface area (Å²) < 4.78 is 5.48. The lowest BCUT2D eigenvalue weighted by Gasteiger charge is -2.37. The second-order valence-electron chi connectivity index (χ2n) is 8.03. The van der Waals surface area contributed by atoms with E-state index in [1.807, 2.05) is 27.8 Å². The molecule has 1 fully saturated rings. The Kier molecular flexibility index (Phi) is 5.92. The van der Waals surface area contributed by atoms with E-state index in [1.54, 1.807) is 4.90 Å². The highest BCUT2D eigenvalue weighted by Crippen LogP contribution is 2.21. The Labute approximate surface area is 146 Å². The minimum absolute atomic E-state index is 0.213. The number of hydrogen-bond donors (Lipinski definition) is 0. The number of hydrogen-bond acceptors (Lipinski definition) is 3. The predicted molar refractivity (Wildman–Crippen MR) is 98.2 cm³/mol. The van der Waals surface area contributed by atoms with Gasteiger partial charge in [0.25, 0.3) is 0 Å². The molecule has 2 rings (SSSR count). The van der Waals surface area contributed by atoms with E-state index in [9.17, 15) is 4.79 Å². The normalized spacial score (nSPS) is 16.9. The van der Waals surface area contributed by atoms with Gasteiger partial charge in [-0.3, -0.25) is 4.90 Å². The molecule has 0 unspecified atom stereocenters. The smallest absolute Gasteiger partial charge is 0.410 e. The molecule has 1 aromatic rings. The number of piperidine rings is 1. The number of carbonyl (C=O) groups excluding carboxylic acids is 1. The van der Waals surface area contributed by atoms with Crippen LogP contribution in [0.2, 0.25) is 0 Å². The molecule has 0 aliphatic carbocycles. The van der Waals surface area contributed by atoms with Gasteiger partial charge in [-0.2, -0.15) is 0 Å². The van der Waals surface area contributed by atoms with Gasteiger partial charge in [0.1, 0.15) is 5.60 Å². The average Bonchev–Trinajstić information content (AvgIpc) is 2.49. The Bertz CT molecular complexity index is 569. The van der Waals surface area contributed by atoms with Crippen molar-refractivity contribution in [2.45, 2.75) is 65.6 Å². The highest BCUT2D eigenvalue weighted by molar-refractivity contribution is 5.68. The third-order valence-electron chi connectivity index (χ3n) is 4.68. The van der Waals surface area contributed by atoms with Crippen molar-refractivity contribution in [1.29, 1.82) is 0 Å². The Morgan fingerprint density at radius 2 is 1.88 bits per heavy atom. The third-order valence-corrected chi connectivity index (χ3v) is 4.68. The minimum atomic E-state index is -0.436. The van der Waals surface area contributed by atoms with Crippen LogP contribution in [-0.4, -0.2) is 47.7 Å². The number of rotatable bonds is 3. The number of likely N-dealkylation sites (tertiary alicyclic amines) is 1. The zero-order chi connectivity index (χ0) is 17.9. The van der Waals surface area contributed by atoms with E-state index in [0.29, 0.717) is 0 Å². The third kappa shape index (κ3) is 5.23. The Balaban J connectivity index is 1.87. The molecule has 0 bridgehead atoms. The molecule has 0 radical (unpaired) electrons. The summed E-state index contributed by atoms with van der Waals surface area (Å²) in [6.07, 6.45) is 1.79. The quantitative estimate of drug-likeness (QED) is 0.834. The molecule has 0 atom stereocenters. The van der Waals surface area contributed by atoms with E-state index in [-0.39, 0.29) is 12.1 Å². The van der Waals surface area contributed by atoms with E-state index < -0.39 is 5.60 Å². The van der Waals surface area contributed by atoms with Crippen LogP contribution >= 0.6 is 0 Å². The summed E-state index contributed by atoms with van der Waals surface area (Å²) in [7, 11) is 1.86. The molecule has 4 nitrogen and oxygen atoms in total. The summed E-state index contributed by atoms with van der Waals surface area (Å²) in [5.41, 5.74) is 3.65. The van der Waals surface area contributed by atoms with Gasteiger partial charge in [0.2, 0.25) is 0 Å². The summed E-state index contributed by atoms with van der Waals surface area (Å²) in [5, 5.41) is 0. The fraction of sp³-hybridized carbons (Fsp3) is 0.650. The average molecular weight is 332 g/mol. The SMILES string of the molecule is Cc1ccc(C)c(CN2CCC(N(C)C(=O)OC(C)(C)C)CC2)c1. The largest absolute Gasteiger partial charge is 0.444 e. The van der Waals surface area contributed by atoms with Gasteiger partial charge in [-0.25, -0.2) is 4.79 Å². The molecule has 1 saturated heterocycles. The molecule has 1 aliphatic rings. The Hall–Kier alpha value is -1.55. The molecule has 0 saturated carbocycles. The van der Waals surface area contributed by atoms with Crippen molar-refractivity contribution in [3.63, 3.8) is 0 Å². The van der Waals surface area contributed by atoms with Crippen molar-refractivity contribution < 1.29 is 9.53 Å². The molecule has 0 aromatic heterocycles. The van der Waals surface area contributed by atoms with Crippen LogP contribution < -0.4 is 0 Å². The molecule has 134 valence electrons. The maximum atomic E-state index is 12.2. The highest BCUT2D eigenvalue weighted by Gasteiger charge is 2.28. The van der Waals surface area contributed by atoms with Gasteiger partial charge in [-0.15, -0.1) is 0 Å². The maximum Gasteiger partial charge on any atom is 0.410 e. The van der Waals surface area contributed by atoms with E-state index in [1.165, 1.54) is 16.7 Å². The van der Waals surface area contributed by atoms with Crippen LogP contribution in [0.4, 0.5) is 4.79 Å². The van der Waals surface area contributed by atoms with Gasteiger partial charge in [-0.1, -0.05) is 23.8 Å². The van der Waals surface area contributed by atoms with E-state index in [2.05, 4.69) is 36.9 Å². The molecule has 1 amide bonds. The first kappa shape index (κ1) is 18.8. The van der Waals surface area contributed by atoms with Crippen LogP contribution in [0.1, 0.15) is 50.3 Å². The number of benzene rings is 1. The van der Waals surface area contributed by atoms with E-state index in [4.69, 9.17) is 4.74 Å². The van der Waals surface area contributed by atoms with Crippen LogP contribution in [0.5, 0.6) is 0 Å². The van der Waals surface area contributed by atoms with Gasteiger partial charge in [0, 0.05) is 32.7 Å². The fourth-order valence-corrected chi connectivity index (χ4v) is 3.16. The lowest BCUT2D eigenvalue weighted by atomic mass is 10.0. The van der Waals surface area contributed by atoms with Gasteiger partial charge in [-0.05, 0) is 58.6 Å². The van der Waals surface area contributed by atoms with Crippen LogP contribution in [0.15, 0.2) is 18.2 Å². The molecule has 0 N–H and O–H groups in total. The highest BCUT2D eigenvalue weighted by atomic mass is 16.6. The first-order chi connectivity index (χ1) is 11.2. The van der Waals surface area contributed by atoms with Gasteiger partial charge < -0.3 is 9.64 Å². The topological polar surface area (TPSA) is 32.8 Å². The molecule has 4 heteroatoms. The summed E-state index contributed by atoms with van der Waals surface area (Å²) in [5.74, 6) is 0. The summed E-state index contributed by atoms with van der Waals surface area (Å²) >= 11 is 0. The first-order valence-electron chi connectivity index (χ1n) is 8.90. The van der Waals surface area contributed by atoms with Crippen LogP contribution in [0.3, 0.4) is 0 Å². The standard InChI is InChI=1S/C20H32N2O2/c1-15-7-8-16(2)17(13-15)14-22-11-9-18(10-12-22)21(6)19(23)24-20(3,4)5/h7-8,13,18H,9-12,14H2,1-6H3. The summed E-state index contributed by atoms with van der Waals surface area (Å²) in [4.78, 5) is 16.5. The van der Waals surface area contributed by atoms with Gasteiger partial charge >= 0.3 is 6.09 Å². The molecular weight excluding hydrogens is 300 g/mol. The van der Waals surface area contributed by atoms with E-state index in [0.717, 1.165) is 32.5 Å². The summed E-state index contributed by atoms with van der Waals surface area (Å²) in [6.45, 7) is 13.1. The molecule has 1 aromatic carbocycles. The minimum Gasteiger partial charge on any atom is -0.444 e. The zero-order valence-corrected chi connectivity index (χ0v) is 16.1. The van der Waals surface area contributed by atoms with Crippen molar-refractivity contribution in [1.82, 2.24) is 9.80 Å². The van der Waals surface area contributed by atoms with Gasteiger partial charge in [0.05, 0.1) is 0 Å². The zero-order valence-electron chi connectivity index (χ0n) is 16.1. The Morgan fingerprint density at radius 1 is 1.25 bits per heavy atom. The number of ether oxygens (including phenoxy) is 1. The van der Waals surface area contributed by atoms with Crippen LogP contribution in [-0.2, 0) is 11.3 Å². The molecule has 1 aliphatic heterocycles. The predicted octanol–water partition coefficient (Wildman–Crippen LogP) is 4.13. The van der Waals surface area contributed by atoms with E-state index >= 15 is 0 Å². The van der Waals surface area contributed by atoms with Crippen LogP contribution in [0.25, 0.3) is 0 Å². The first-order valence-corrected chi connectivity index (χ1v) is 8.90. The molecule has 24 heavy (non-hydrogen) atoms.